The average Bonchev–Trinajstić information content (AvgIpc) is 2.47. The van der Waals surface area contributed by atoms with Crippen LogP contribution in [0.5, 0.6) is 0 Å². The molecule has 0 aliphatic carbocycles. The molecule has 0 aliphatic rings. The van der Waals surface area contributed by atoms with E-state index in [1.807, 2.05) is 12.1 Å². The molecule has 0 aromatic heterocycles. The van der Waals surface area contributed by atoms with E-state index in [2.05, 4.69) is 55.6 Å². The van der Waals surface area contributed by atoms with Gasteiger partial charge in [-0.05, 0) is 41.8 Å². The molecule has 0 heterocycles. The molecule has 2 aromatic rings. The van der Waals surface area contributed by atoms with E-state index in [9.17, 15) is 0 Å². The molecule has 0 bridgehead atoms. The summed E-state index contributed by atoms with van der Waals surface area (Å²) in [4.78, 5) is 0. The smallest absolute Gasteiger partial charge is 0.0576 e. The van der Waals surface area contributed by atoms with Crippen LogP contribution in [-0.2, 0) is 6.42 Å². The molecule has 2 aromatic carbocycles. The SMILES string of the molecule is CCCc1ccc(C(NCC)c2ccc(Cl)cc2)cc1. The zero-order valence-corrected chi connectivity index (χ0v) is 13.0. The highest BCUT2D eigenvalue weighted by atomic mass is 35.5. The van der Waals surface area contributed by atoms with Crippen LogP contribution in [0.1, 0.15) is 43.0 Å². The molecule has 1 atom stereocenters. The summed E-state index contributed by atoms with van der Waals surface area (Å²) in [6, 6.07) is 17.2. The second-order valence-electron chi connectivity index (χ2n) is 5.03. The summed E-state index contributed by atoms with van der Waals surface area (Å²) in [5.41, 5.74) is 3.95. The first-order valence-corrected chi connectivity index (χ1v) is 7.70. The predicted octanol–water partition coefficient (Wildman–Crippen LogP) is 4.99. The average molecular weight is 288 g/mol. The van der Waals surface area contributed by atoms with Gasteiger partial charge in [-0.25, -0.2) is 0 Å². The molecule has 0 saturated heterocycles. The molecule has 0 fully saturated rings. The van der Waals surface area contributed by atoms with Gasteiger partial charge in [0, 0.05) is 5.02 Å². The van der Waals surface area contributed by atoms with Gasteiger partial charge in [0.15, 0.2) is 0 Å². The zero-order chi connectivity index (χ0) is 14.4. The van der Waals surface area contributed by atoms with Crippen molar-refractivity contribution in [3.8, 4) is 0 Å². The minimum absolute atomic E-state index is 0.230. The maximum atomic E-state index is 5.97. The molecule has 1 nitrogen and oxygen atoms in total. The van der Waals surface area contributed by atoms with Crippen molar-refractivity contribution in [2.75, 3.05) is 6.54 Å². The fraction of sp³-hybridized carbons (Fsp3) is 0.333. The summed E-state index contributed by atoms with van der Waals surface area (Å²) >= 11 is 5.97. The van der Waals surface area contributed by atoms with Crippen LogP contribution >= 0.6 is 11.6 Å². The van der Waals surface area contributed by atoms with Gasteiger partial charge in [-0.3, -0.25) is 0 Å². The first-order chi connectivity index (χ1) is 9.74. The fourth-order valence-corrected chi connectivity index (χ4v) is 2.58. The van der Waals surface area contributed by atoms with Gasteiger partial charge < -0.3 is 5.32 Å². The van der Waals surface area contributed by atoms with Gasteiger partial charge in [0.2, 0.25) is 0 Å². The molecule has 1 unspecified atom stereocenters. The Morgan fingerprint density at radius 1 is 0.900 bits per heavy atom. The third kappa shape index (κ3) is 3.84. The minimum Gasteiger partial charge on any atom is -0.307 e. The largest absolute Gasteiger partial charge is 0.307 e. The maximum absolute atomic E-state index is 5.97. The Morgan fingerprint density at radius 2 is 1.45 bits per heavy atom. The van der Waals surface area contributed by atoms with Gasteiger partial charge >= 0.3 is 0 Å². The van der Waals surface area contributed by atoms with E-state index < -0.39 is 0 Å². The standard InChI is InChI=1S/C18H22ClN/c1-3-5-14-6-8-15(9-7-14)18(20-4-2)16-10-12-17(19)13-11-16/h6-13,18,20H,3-5H2,1-2H3. The van der Waals surface area contributed by atoms with E-state index in [4.69, 9.17) is 11.6 Å². The molecule has 0 amide bonds. The maximum Gasteiger partial charge on any atom is 0.0576 e. The number of halogens is 1. The van der Waals surface area contributed by atoms with Gasteiger partial charge in [0.1, 0.15) is 0 Å². The van der Waals surface area contributed by atoms with E-state index in [1.54, 1.807) is 0 Å². The summed E-state index contributed by atoms with van der Waals surface area (Å²) in [6.07, 6.45) is 2.33. The Kier molecular flexibility index (Phi) is 5.63. The van der Waals surface area contributed by atoms with E-state index in [0.29, 0.717) is 0 Å². The van der Waals surface area contributed by atoms with Crippen LogP contribution < -0.4 is 5.32 Å². The number of rotatable bonds is 6. The number of aryl methyl sites for hydroxylation is 1. The predicted molar refractivity (Wildman–Crippen MR) is 87.4 cm³/mol. The third-order valence-corrected chi connectivity index (χ3v) is 3.72. The van der Waals surface area contributed by atoms with E-state index in [0.717, 1.165) is 18.0 Å². The highest BCUT2D eigenvalue weighted by molar-refractivity contribution is 6.30. The van der Waals surface area contributed by atoms with E-state index in [-0.39, 0.29) is 6.04 Å². The quantitative estimate of drug-likeness (QED) is 0.789. The Bertz CT molecular complexity index is 516. The van der Waals surface area contributed by atoms with E-state index in [1.165, 1.54) is 23.1 Å². The van der Waals surface area contributed by atoms with Crippen LogP contribution in [0.2, 0.25) is 5.02 Å². The summed E-state index contributed by atoms with van der Waals surface area (Å²) in [7, 11) is 0. The van der Waals surface area contributed by atoms with Crippen LogP contribution in [0.3, 0.4) is 0 Å². The lowest BCUT2D eigenvalue weighted by Crippen LogP contribution is -2.21. The van der Waals surface area contributed by atoms with Gasteiger partial charge in [0.25, 0.3) is 0 Å². The van der Waals surface area contributed by atoms with Crippen molar-refractivity contribution in [1.82, 2.24) is 5.32 Å². The van der Waals surface area contributed by atoms with Gasteiger partial charge in [-0.15, -0.1) is 0 Å². The lowest BCUT2D eigenvalue weighted by Gasteiger charge is -2.19. The molecule has 0 spiro atoms. The lowest BCUT2D eigenvalue weighted by molar-refractivity contribution is 0.630. The Labute approximate surface area is 127 Å². The highest BCUT2D eigenvalue weighted by Gasteiger charge is 2.12. The first-order valence-electron chi connectivity index (χ1n) is 7.32. The molecule has 0 saturated carbocycles. The summed E-state index contributed by atoms with van der Waals surface area (Å²) < 4.78 is 0. The molecule has 20 heavy (non-hydrogen) atoms. The van der Waals surface area contributed by atoms with Crippen molar-refractivity contribution in [2.24, 2.45) is 0 Å². The van der Waals surface area contributed by atoms with Crippen LogP contribution in [0.25, 0.3) is 0 Å². The molecule has 2 heteroatoms. The Morgan fingerprint density at radius 3 is 1.95 bits per heavy atom. The molecule has 106 valence electrons. The summed E-state index contributed by atoms with van der Waals surface area (Å²) in [5, 5.41) is 4.32. The molecule has 2 rings (SSSR count). The minimum atomic E-state index is 0.230. The van der Waals surface area contributed by atoms with Crippen molar-refractivity contribution in [1.29, 1.82) is 0 Å². The molecule has 0 radical (unpaired) electrons. The topological polar surface area (TPSA) is 12.0 Å². The number of benzene rings is 2. The monoisotopic (exact) mass is 287 g/mol. The number of hydrogen-bond acceptors (Lipinski definition) is 1. The van der Waals surface area contributed by atoms with Crippen molar-refractivity contribution < 1.29 is 0 Å². The summed E-state index contributed by atoms with van der Waals surface area (Å²) in [6.45, 7) is 5.28. The Hall–Kier alpha value is -1.31. The number of nitrogens with one attached hydrogen (secondary N) is 1. The van der Waals surface area contributed by atoms with Crippen LogP contribution in [0, 0.1) is 0 Å². The summed E-state index contributed by atoms with van der Waals surface area (Å²) in [5.74, 6) is 0. The van der Waals surface area contributed by atoms with Gasteiger partial charge in [-0.2, -0.15) is 0 Å². The van der Waals surface area contributed by atoms with Gasteiger partial charge in [-0.1, -0.05) is 68.3 Å². The number of hydrogen-bond donors (Lipinski definition) is 1. The molecule has 1 N–H and O–H groups in total. The second-order valence-corrected chi connectivity index (χ2v) is 5.47. The first kappa shape index (κ1) is 15.1. The lowest BCUT2D eigenvalue weighted by atomic mass is 9.97. The van der Waals surface area contributed by atoms with Crippen LogP contribution in [-0.4, -0.2) is 6.54 Å². The third-order valence-electron chi connectivity index (χ3n) is 3.46. The molecule has 0 aliphatic heterocycles. The van der Waals surface area contributed by atoms with Crippen molar-refractivity contribution in [3.05, 3.63) is 70.2 Å². The van der Waals surface area contributed by atoms with Crippen LogP contribution in [0.15, 0.2) is 48.5 Å². The van der Waals surface area contributed by atoms with Crippen molar-refractivity contribution in [2.45, 2.75) is 32.7 Å². The van der Waals surface area contributed by atoms with Crippen LogP contribution in [0.4, 0.5) is 0 Å². The van der Waals surface area contributed by atoms with Gasteiger partial charge in [0.05, 0.1) is 6.04 Å². The normalized spacial score (nSPS) is 12.3. The fourth-order valence-electron chi connectivity index (χ4n) is 2.45. The van der Waals surface area contributed by atoms with E-state index >= 15 is 0 Å². The van der Waals surface area contributed by atoms with Crippen molar-refractivity contribution >= 4 is 11.6 Å². The zero-order valence-electron chi connectivity index (χ0n) is 12.2. The molecular formula is C18H22ClN. The Balaban J connectivity index is 2.25. The highest BCUT2D eigenvalue weighted by Crippen LogP contribution is 2.24. The molecular weight excluding hydrogens is 266 g/mol. The van der Waals surface area contributed by atoms with Crippen molar-refractivity contribution in [3.63, 3.8) is 0 Å². The second kappa shape index (κ2) is 7.47.